The maximum absolute atomic E-state index is 11.5. The fraction of sp³-hybridized carbons (Fsp3) is 0. The molecule has 0 aliphatic rings. The second kappa shape index (κ2) is 5.45. The van der Waals surface area contributed by atoms with Crippen LogP contribution in [0, 0.1) is 0 Å². The molecule has 2 aromatic rings. The average molecular weight is 293 g/mol. The van der Waals surface area contributed by atoms with Gasteiger partial charge in [-0.05, 0) is 46.3 Å². The minimum atomic E-state index is -0.231. The predicted octanol–water partition coefficient (Wildman–Crippen LogP) is 3.09. The number of carbonyl (C=O) groups excluding carboxylic acids is 1. The summed E-state index contributed by atoms with van der Waals surface area (Å²) in [7, 11) is 0. The molecule has 1 amide bonds. The zero-order valence-electron chi connectivity index (χ0n) is 8.76. The number of nitrogens with one attached hydrogen (secondary N) is 1. The Labute approximate surface area is 106 Å². The van der Waals surface area contributed by atoms with E-state index in [-0.39, 0.29) is 5.91 Å². The van der Waals surface area contributed by atoms with Crippen molar-refractivity contribution in [2.45, 2.75) is 0 Å². The molecule has 2 rings (SSSR count). The fourth-order valence-electron chi connectivity index (χ4n) is 1.20. The van der Waals surface area contributed by atoms with Gasteiger partial charge >= 0.3 is 0 Å². The van der Waals surface area contributed by atoms with Crippen LogP contribution in [-0.2, 0) is 4.79 Å². The van der Waals surface area contributed by atoms with E-state index in [0.29, 0.717) is 16.1 Å². The van der Waals surface area contributed by atoms with Gasteiger partial charge in [-0.15, -0.1) is 0 Å². The number of anilines is 1. The van der Waals surface area contributed by atoms with E-state index in [0.717, 1.165) is 0 Å². The van der Waals surface area contributed by atoms with Crippen molar-refractivity contribution in [3.63, 3.8) is 0 Å². The molecular formula is C12H9BrN2O2. The number of aromatic nitrogens is 1. The van der Waals surface area contributed by atoms with Crippen LogP contribution in [0.3, 0.4) is 0 Å². The van der Waals surface area contributed by atoms with Crippen molar-refractivity contribution in [1.82, 2.24) is 4.98 Å². The second-order valence-electron chi connectivity index (χ2n) is 3.21. The monoisotopic (exact) mass is 292 g/mol. The molecule has 0 fully saturated rings. The number of hydrogen-bond acceptors (Lipinski definition) is 3. The summed E-state index contributed by atoms with van der Waals surface area (Å²) in [6, 6.07) is 7.04. The molecule has 2 heterocycles. The van der Waals surface area contributed by atoms with Gasteiger partial charge in [0.25, 0.3) is 0 Å². The van der Waals surface area contributed by atoms with Crippen LogP contribution >= 0.6 is 15.9 Å². The van der Waals surface area contributed by atoms with Gasteiger partial charge in [0, 0.05) is 12.3 Å². The summed E-state index contributed by atoms with van der Waals surface area (Å²) >= 11 is 3.18. The van der Waals surface area contributed by atoms with Gasteiger partial charge in [0.15, 0.2) is 4.67 Å². The molecule has 0 saturated carbocycles. The van der Waals surface area contributed by atoms with Crippen molar-refractivity contribution in [1.29, 1.82) is 0 Å². The first kappa shape index (κ1) is 11.6. The molecule has 2 aromatic heterocycles. The molecule has 4 nitrogen and oxygen atoms in total. The molecule has 5 heteroatoms. The van der Waals surface area contributed by atoms with Crippen LogP contribution in [-0.4, -0.2) is 10.9 Å². The third-order valence-corrected chi connectivity index (χ3v) is 2.35. The molecule has 0 spiro atoms. The summed E-state index contributed by atoms with van der Waals surface area (Å²) in [5, 5.41) is 2.68. The molecule has 0 atom stereocenters. The van der Waals surface area contributed by atoms with Gasteiger partial charge in [0.1, 0.15) is 5.76 Å². The Morgan fingerprint density at radius 2 is 2.29 bits per heavy atom. The van der Waals surface area contributed by atoms with E-state index in [2.05, 4.69) is 26.2 Å². The van der Waals surface area contributed by atoms with Gasteiger partial charge < -0.3 is 9.73 Å². The van der Waals surface area contributed by atoms with E-state index >= 15 is 0 Å². The molecule has 1 N–H and O–H groups in total. The molecule has 0 radical (unpaired) electrons. The molecular weight excluding hydrogens is 284 g/mol. The predicted molar refractivity (Wildman–Crippen MR) is 68.3 cm³/mol. The van der Waals surface area contributed by atoms with Gasteiger partial charge in [-0.2, -0.15) is 0 Å². The van der Waals surface area contributed by atoms with Gasteiger partial charge in [-0.1, -0.05) is 0 Å². The van der Waals surface area contributed by atoms with Crippen molar-refractivity contribution < 1.29 is 9.21 Å². The smallest absolute Gasteiger partial charge is 0.248 e. The standard InChI is InChI=1S/C12H9BrN2O2/c13-11-5-3-10(17-11)4-6-12(16)15-9-2-1-7-14-8-9/h1-8H,(H,15,16)/b6-4+. The summed E-state index contributed by atoms with van der Waals surface area (Å²) in [6.07, 6.45) is 6.22. The Morgan fingerprint density at radius 1 is 1.41 bits per heavy atom. The number of furan rings is 1. The molecule has 0 aliphatic carbocycles. The minimum absolute atomic E-state index is 0.231. The SMILES string of the molecule is O=C(/C=C/c1ccc(Br)o1)Nc1cccnc1. The van der Waals surface area contributed by atoms with Crippen LogP contribution in [0.15, 0.2) is 51.8 Å². The third-order valence-electron chi connectivity index (χ3n) is 1.92. The highest BCUT2D eigenvalue weighted by Crippen LogP contribution is 2.15. The normalized spacial score (nSPS) is 10.6. The number of rotatable bonds is 3. The van der Waals surface area contributed by atoms with E-state index in [9.17, 15) is 4.79 Å². The molecule has 0 unspecified atom stereocenters. The lowest BCUT2D eigenvalue weighted by Gasteiger charge is -1.99. The summed E-state index contributed by atoms with van der Waals surface area (Å²) in [4.78, 5) is 15.4. The van der Waals surface area contributed by atoms with Crippen molar-refractivity contribution >= 4 is 33.6 Å². The first-order valence-corrected chi connectivity index (χ1v) is 5.68. The molecule has 86 valence electrons. The highest BCUT2D eigenvalue weighted by atomic mass is 79.9. The number of nitrogens with zero attached hydrogens (tertiary/aromatic N) is 1. The van der Waals surface area contributed by atoms with Crippen LogP contribution in [0.4, 0.5) is 5.69 Å². The maximum Gasteiger partial charge on any atom is 0.248 e. The van der Waals surface area contributed by atoms with E-state index in [1.165, 1.54) is 6.08 Å². The van der Waals surface area contributed by atoms with Crippen LogP contribution in [0.25, 0.3) is 6.08 Å². The summed E-state index contributed by atoms with van der Waals surface area (Å²) in [6.45, 7) is 0. The molecule has 0 aromatic carbocycles. The Hall–Kier alpha value is -1.88. The van der Waals surface area contributed by atoms with Gasteiger partial charge in [0.2, 0.25) is 5.91 Å². The largest absolute Gasteiger partial charge is 0.450 e. The molecule has 0 saturated heterocycles. The second-order valence-corrected chi connectivity index (χ2v) is 3.99. The number of amides is 1. The first-order chi connectivity index (χ1) is 8.24. The number of halogens is 1. The van der Waals surface area contributed by atoms with Gasteiger partial charge in [-0.25, -0.2) is 0 Å². The number of pyridine rings is 1. The van der Waals surface area contributed by atoms with Gasteiger partial charge in [-0.3, -0.25) is 9.78 Å². The van der Waals surface area contributed by atoms with E-state index in [1.807, 2.05) is 0 Å². The summed E-state index contributed by atoms with van der Waals surface area (Å²) in [5.74, 6) is 0.378. The minimum Gasteiger partial charge on any atom is -0.450 e. The molecule has 0 aliphatic heterocycles. The lowest BCUT2D eigenvalue weighted by atomic mass is 10.3. The Balaban J connectivity index is 1.96. The number of carbonyl (C=O) groups is 1. The van der Waals surface area contributed by atoms with Crippen molar-refractivity contribution in [2.75, 3.05) is 5.32 Å². The highest BCUT2D eigenvalue weighted by Gasteiger charge is 1.98. The maximum atomic E-state index is 11.5. The van der Waals surface area contributed by atoms with Crippen LogP contribution in [0.2, 0.25) is 0 Å². The molecule has 0 bridgehead atoms. The quantitative estimate of drug-likeness (QED) is 0.885. The lowest BCUT2D eigenvalue weighted by molar-refractivity contribution is -0.111. The highest BCUT2D eigenvalue weighted by molar-refractivity contribution is 9.10. The topological polar surface area (TPSA) is 55.1 Å². The first-order valence-electron chi connectivity index (χ1n) is 4.88. The Bertz CT molecular complexity index is 534. The lowest BCUT2D eigenvalue weighted by Crippen LogP contribution is -2.07. The number of hydrogen-bond donors (Lipinski definition) is 1. The van der Waals surface area contributed by atoms with Crippen molar-refractivity contribution in [3.05, 3.63) is 53.2 Å². The van der Waals surface area contributed by atoms with E-state index < -0.39 is 0 Å². The zero-order valence-corrected chi connectivity index (χ0v) is 10.3. The van der Waals surface area contributed by atoms with Crippen LogP contribution in [0.1, 0.15) is 5.76 Å². The fourth-order valence-corrected chi connectivity index (χ4v) is 1.52. The summed E-state index contributed by atoms with van der Waals surface area (Å²) < 4.78 is 5.85. The van der Waals surface area contributed by atoms with E-state index in [4.69, 9.17) is 4.42 Å². The Kier molecular flexibility index (Phi) is 3.72. The van der Waals surface area contributed by atoms with Crippen LogP contribution in [0.5, 0.6) is 0 Å². The third kappa shape index (κ3) is 3.57. The van der Waals surface area contributed by atoms with E-state index in [1.54, 1.807) is 42.7 Å². The van der Waals surface area contributed by atoms with Gasteiger partial charge in [0.05, 0.1) is 11.9 Å². The van der Waals surface area contributed by atoms with Crippen LogP contribution < -0.4 is 5.32 Å². The van der Waals surface area contributed by atoms with Crippen molar-refractivity contribution in [2.24, 2.45) is 0 Å². The summed E-state index contributed by atoms with van der Waals surface area (Å²) in [5.41, 5.74) is 0.655. The average Bonchev–Trinajstić information content (AvgIpc) is 2.74. The Morgan fingerprint density at radius 3 is 2.94 bits per heavy atom. The zero-order chi connectivity index (χ0) is 12.1. The van der Waals surface area contributed by atoms with Crippen molar-refractivity contribution in [3.8, 4) is 0 Å². The molecule has 17 heavy (non-hydrogen) atoms.